The van der Waals surface area contributed by atoms with Crippen molar-refractivity contribution >= 4 is 5.97 Å². The summed E-state index contributed by atoms with van der Waals surface area (Å²) in [4.78, 5) is 13.6. The second-order valence-electron chi connectivity index (χ2n) is 6.12. The standard InChI is InChI=1S/C16H23NO2/c1-11-5-6-14(12(2)9-11)13(3)17-8-7-16(4,10-17)15(18)19/h5-6,9,13H,7-8,10H2,1-4H3,(H,18,19). The van der Waals surface area contributed by atoms with E-state index in [0.29, 0.717) is 6.54 Å². The highest BCUT2D eigenvalue weighted by molar-refractivity contribution is 5.74. The van der Waals surface area contributed by atoms with Crippen molar-refractivity contribution in [2.24, 2.45) is 5.41 Å². The summed E-state index contributed by atoms with van der Waals surface area (Å²) in [5, 5.41) is 9.31. The number of aryl methyl sites for hydroxylation is 2. The Labute approximate surface area is 115 Å². The van der Waals surface area contributed by atoms with Crippen molar-refractivity contribution < 1.29 is 9.90 Å². The van der Waals surface area contributed by atoms with Crippen LogP contribution in [0.15, 0.2) is 18.2 Å². The molecule has 1 aromatic rings. The number of benzene rings is 1. The Bertz CT molecular complexity index is 498. The molecule has 1 N–H and O–H groups in total. The van der Waals surface area contributed by atoms with Crippen molar-refractivity contribution in [3.8, 4) is 0 Å². The highest BCUT2D eigenvalue weighted by Gasteiger charge is 2.41. The van der Waals surface area contributed by atoms with Gasteiger partial charge in [0, 0.05) is 12.6 Å². The van der Waals surface area contributed by atoms with Gasteiger partial charge in [0.05, 0.1) is 5.41 Å². The lowest BCUT2D eigenvalue weighted by molar-refractivity contribution is -0.147. The molecule has 2 atom stereocenters. The number of hydrogen-bond donors (Lipinski definition) is 1. The van der Waals surface area contributed by atoms with Crippen LogP contribution >= 0.6 is 0 Å². The Kier molecular flexibility index (Phi) is 3.68. The second-order valence-corrected chi connectivity index (χ2v) is 6.12. The molecule has 3 nitrogen and oxygen atoms in total. The first-order valence-electron chi connectivity index (χ1n) is 6.88. The van der Waals surface area contributed by atoms with Crippen molar-refractivity contribution in [3.63, 3.8) is 0 Å². The summed E-state index contributed by atoms with van der Waals surface area (Å²) in [5.41, 5.74) is 3.27. The molecule has 0 radical (unpaired) electrons. The lowest BCUT2D eigenvalue weighted by Crippen LogP contribution is -2.33. The van der Waals surface area contributed by atoms with Crippen LogP contribution in [0.1, 0.15) is 43.0 Å². The van der Waals surface area contributed by atoms with E-state index in [2.05, 4.69) is 43.9 Å². The summed E-state index contributed by atoms with van der Waals surface area (Å²) in [7, 11) is 0. The summed E-state index contributed by atoms with van der Waals surface area (Å²) < 4.78 is 0. The van der Waals surface area contributed by atoms with Crippen molar-refractivity contribution in [3.05, 3.63) is 34.9 Å². The predicted octanol–water partition coefficient (Wildman–Crippen LogP) is 3.16. The van der Waals surface area contributed by atoms with E-state index in [0.717, 1.165) is 13.0 Å². The molecule has 0 aliphatic carbocycles. The van der Waals surface area contributed by atoms with Gasteiger partial charge in [0.1, 0.15) is 0 Å². The fourth-order valence-electron chi connectivity index (χ4n) is 2.99. The Balaban J connectivity index is 2.17. The Morgan fingerprint density at radius 3 is 2.63 bits per heavy atom. The van der Waals surface area contributed by atoms with Crippen molar-refractivity contribution in [1.29, 1.82) is 0 Å². The molecule has 2 rings (SSSR count). The first kappa shape index (κ1) is 14.1. The van der Waals surface area contributed by atoms with E-state index in [9.17, 15) is 9.90 Å². The van der Waals surface area contributed by atoms with Crippen molar-refractivity contribution in [2.45, 2.75) is 40.2 Å². The molecule has 2 unspecified atom stereocenters. The van der Waals surface area contributed by atoms with E-state index >= 15 is 0 Å². The Morgan fingerprint density at radius 1 is 1.42 bits per heavy atom. The molecule has 0 saturated carbocycles. The zero-order chi connectivity index (χ0) is 14.2. The number of rotatable bonds is 3. The van der Waals surface area contributed by atoms with Crippen molar-refractivity contribution in [2.75, 3.05) is 13.1 Å². The number of likely N-dealkylation sites (tertiary alicyclic amines) is 1. The third-order valence-corrected chi connectivity index (χ3v) is 4.44. The van der Waals surface area contributed by atoms with Gasteiger partial charge in [0.2, 0.25) is 0 Å². The fourth-order valence-corrected chi connectivity index (χ4v) is 2.99. The molecule has 1 heterocycles. The molecule has 0 bridgehead atoms. The molecule has 104 valence electrons. The van der Waals surface area contributed by atoms with Crippen LogP contribution in [0.25, 0.3) is 0 Å². The molecule has 0 aromatic heterocycles. The molecule has 19 heavy (non-hydrogen) atoms. The second kappa shape index (κ2) is 4.97. The summed E-state index contributed by atoms with van der Waals surface area (Å²) in [6.45, 7) is 9.74. The van der Waals surface area contributed by atoms with Gasteiger partial charge in [0.25, 0.3) is 0 Å². The molecular weight excluding hydrogens is 238 g/mol. The van der Waals surface area contributed by atoms with Gasteiger partial charge in [-0.2, -0.15) is 0 Å². The van der Waals surface area contributed by atoms with Crippen molar-refractivity contribution in [1.82, 2.24) is 4.90 Å². The van der Waals surface area contributed by atoms with Crippen LogP contribution in [0, 0.1) is 19.3 Å². The minimum Gasteiger partial charge on any atom is -0.481 e. The van der Waals surface area contributed by atoms with Gasteiger partial charge in [-0.05, 0) is 51.8 Å². The summed E-state index contributed by atoms with van der Waals surface area (Å²) in [6, 6.07) is 6.77. The molecule has 0 spiro atoms. The summed E-state index contributed by atoms with van der Waals surface area (Å²) >= 11 is 0. The third kappa shape index (κ3) is 2.66. The van der Waals surface area contributed by atoms with Gasteiger partial charge >= 0.3 is 5.97 Å². The van der Waals surface area contributed by atoms with Gasteiger partial charge < -0.3 is 5.11 Å². The van der Waals surface area contributed by atoms with Crippen LogP contribution in [0.2, 0.25) is 0 Å². The number of carbonyl (C=O) groups is 1. The van der Waals surface area contributed by atoms with Gasteiger partial charge in [-0.25, -0.2) is 0 Å². The monoisotopic (exact) mass is 261 g/mol. The maximum Gasteiger partial charge on any atom is 0.310 e. The predicted molar refractivity (Wildman–Crippen MR) is 76.3 cm³/mol. The van der Waals surface area contributed by atoms with Crippen LogP contribution < -0.4 is 0 Å². The largest absolute Gasteiger partial charge is 0.481 e. The number of aliphatic carboxylic acids is 1. The Hall–Kier alpha value is -1.35. The molecule has 1 aromatic carbocycles. The average molecular weight is 261 g/mol. The number of hydrogen-bond acceptors (Lipinski definition) is 2. The smallest absolute Gasteiger partial charge is 0.310 e. The van der Waals surface area contributed by atoms with Gasteiger partial charge in [0.15, 0.2) is 0 Å². The zero-order valence-corrected chi connectivity index (χ0v) is 12.2. The quantitative estimate of drug-likeness (QED) is 0.908. The molecule has 1 aliphatic heterocycles. The average Bonchev–Trinajstić information content (AvgIpc) is 2.73. The molecule has 3 heteroatoms. The molecular formula is C16H23NO2. The lowest BCUT2D eigenvalue weighted by Gasteiger charge is -2.27. The normalized spacial score (nSPS) is 25.5. The minimum atomic E-state index is -0.678. The van der Waals surface area contributed by atoms with E-state index < -0.39 is 11.4 Å². The van der Waals surface area contributed by atoms with E-state index in [1.807, 2.05) is 6.92 Å². The van der Waals surface area contributed by atoms with Crippen LogP contribution in [-0.2, 0) is 4.79 Å². The summed E-state index contributed by atoms with van der Waals surface area (Å²) in [5.74, 6) is -0.678. The van der Waals surface area contributed by atoms with Gasteiger partial charge in [-0.3, -0.25) is 9.69 Å². The molecule has 1 fully saturated rings. The van der Waals surface area contributed by atoms with Gasteiger partial charge in [-0.1, -0.05) is 23.8 Å². The Morgan fingerprint density at radius 2 is 2.11 bits per heavy atom. The molecule has 0 amide bonds. The number of carboxylic acids is 1. The maximum atomic E-state index is 11.3. The molecule has 1 aliphatic rings. The zero-order valence-electron chi connectivity index (χ0n) is 12.2. The van der Waals surface area contributed by atoms with Crippen LogP contribution in [0.5, 0.6) is 0 Å². The maximum absolute atomic E-state index is 11.3. The minimum absolute atomic E-state index is 0.279. The third-order valence-electron chi connectivity index (χ3n) is 4.44. The molecule has 1 saturated heterocycles. The first-order chi connectivity index (χ1) is 8.83. The summed E-state index contributed by atoms with van der Waals surface area (Å²) in [6.07, 6.45) is 0.734. The fraction of sp³-hybridized carbons (Fsp3) is 0.562. The van der Waals surface area contributed by atoms with Crippen LogP contribution in [-0.4, -0.2) is 29.1 Å². The van der Waals surface area contributed by atoms with Crippen LogP contribution in [0.3, 0.4) is 0 Å². The SMILES string of the molecule is Cc1ccc(C(C)N2CCC(C)(C(=O)O)C2)c(C)c1. The van der Waals surface area contributed by atoms with Crippen LogP contribution in [0.4, 0.5) is 0 Å². The highest BCUT2D eigenvalue weighted by atomic mass is 16.4. The van der Waals surface area contributed by atoms with Gasteiger partial charge in [-0.15, -0.1) is 0 Å². The highest BCUT2D eigenvalue weighted by Crippen LogP contribution is 2.36. The van der Waals surface area contributed by atoms with E-state index in [-0.39, 0.29) is 6.04 Å². The van der Waals surface area contributed by atoms with E-state index in [4.69, 9.17) is 0 Å². The van der Waals surface area contributed by atoms with E-state index in [1.54, 1.807) is 0 Å². The first-order valence-corrected chi connectivity index (χ1v) is 6.88. The lowest BCUT2D eigenvalue weighted by atomic mass is 9.90. The van der Waals surface area contributed by atoms with E-state index in [1.165, 1.54) is 16.7 Å². The number of carboxylic acid groups (broad SMARTS) is 1. The number of nitrogens with zero attached hydrogens (tertiary/aromatic N) is 1. The topological polar surface area (TPSA) is 40.5 Å².